The third-order valence-electron chi connectivity index (χ3n) is 13.7. The van der Waals surface area contributed by atoms with Crippen LogP contribution < -0.4 is 5.32 Å². The fourth-order valence-electron chi connectivity index (χ4n) is 9.16. The van der Waals surface area contributed by atoms with Gasteiger partial charge in [0.05, 0.1) is 25.4 Å². The highest BCUT2D eigenvalue weighted by atomic mass is 16.5. The minimum absolute atomic E-state index is 0.000297. The van der Waals surface area contributed by atoms with E-state index in [2.05, 4.69) is 43.5 Å². The first-order valence-electron chi connectivity index (χ1n) is 29.6. The molecule has 6 nitrogen and oxygen atoms in total. The van der Waals surface area contributed by atoms with Crippen molar-refractivity contribution in [2.75, 3.05) is 13.2 Å². The summed E-state index contributed by atoms with van der Waals surface area (Å²) < 4.78 is 5.49. The number of aliphatic hydroxyl groups is 2. The molecule has 0 fully saturated rings. The monoisotopic (exact) mass is 930 g/mol. The molecule has 3 N–H and O–H groups in total. The zero-order chi connectivity index (χ0) is 47.9. The molecule has 66 heavy (non-hydrogen) atoms. The molecular formula is C60H115NO5. The Morgan fingerprint density at radius 1 is 0.409 bits per heavy atom. The fourth-order valence-corrected chi connectivity index (χ4v) is 9.16. The molecule has 0 aliphatic heterocycles. The lowest BCUT2D eigenvalue weighted by molar-refractivity contribution is -0.143. The fraction of sp³-hybridized carbons (Fsp3) is 0.900. The average Bonchev–Trinajstić information content (AvgIpc) is 3.32. The molecule has 390 valence electrons. The van der Waals surface area contributed by atoms with Gasteiger partial charge >= 0.3 is 5.97 Å². The van der Waals surface area contributed by atoms with E-state index in [0.29, 0.717) is 25.9 Å². The normalized spacial score (nSPS) is 12.7. The zero-order valence-electron chi connectivity index (χ0n) is 44.4. The van der Waals surface area contributed by atoms with Crippen molar-refractivity contribution < 1.29 is 24.5 Å². The van der Waals surface area contributed by atoms with Crippen molar-refractivity contribution in [1.82, 2.24) is 5.32 Å². The Hall–Kier alpha value is -1.66. The van der Waals surface area contributed by atoms with Crippen molar-refractivity contribution in [2.45, 2.75) is 334 Å². The molecule has 0 saturated heterocycles. The Balaban J connectivity index is 3.42. The maximum Gasteiger partial charge on any atom is 0.305 e. The van der Waals surface area contributed by atoms with Crippen molar-refractivity contribution in [3.63, 3.8) is 0 Å². The molecule has 0 aromatic heterocycles. The smallest absolute Gasteiger partial charge is 0.305 e. The van der Waals surface area contributed by atoms with Crippen molar-refractivity contribution in [2.24, 2.45) is 0 Å². The molecule has 0 radical (unpaired) electrons. The number of carbonyl (C=O) groups excluding carboxylic acids is 2. The summed E-state index contributed by atoms with van der Waals surface area (Å²) in [6, 6.07) is -0.551. The molecule has 0 rings (SSSR count). The highest BCUT2D eigenvalue weighted by Crippen LogP contribution is 2.17. The molecule has 6 heteroatoms. The van der Waals surface area contributed by atoms with E-state index in [1.54, 1.807) is 0 Å². The predicted octanol–water partition coefficient (Wildman–Crippen LogP) is 18.2. The number of nitrogens with one attached hydrogen (secondary N) is 1. The summed E-state index contributed by atoms with van der Waals surface area (Å²) in [5.74, 6) is -0.0485. The van der Waals surface area contributed by atoms with E-state index in [0.717, 1.165) is 57.8 Å². The number of carbonyl (C=O) groups is 2. The van der Waals surface area contributed by atoms with Gasteiger partial charge in [-0.2, -0.15) is 0 Å². The molecule has 0 bridgehead atoms. The minimum Gasteiger partial charge on any atom is -0.466 e. The SMILES string of the molecule is CCCCCCCCC/C=C\CCCCCCCCCC(=O)OCCCCCCCCCCC/C=C\CCCCCCCC(=O)NC(CO)C(O)CCCCCCCCCCCCCCC. The molecule has 0 aliphatic rings. The van der Waals surface area contributed by atoms with Crippen LogP contribution in [0.4, 0.5) is 0 Å². The van der Waals surface area contributed by atoms with E-state index >= 15 is 0 Å². The van der Waals surface area contributed by atoms with E-state index in [1.165, 1.54) is 231 Å². The van der Waals surface area contributed by atoms with Crippen LogP contribution in [0.1, 0.15) is 322 Å². The van der Waals surface area contributed by atoms with Gasteiger partial charge in [0.2, 0.25) is 5.91 Å². The van der Waals surface area contributed by atoms with Gasteiger partial charge in [-0.3, -0.25) is 9.59 Å². The first-order valence-corrected chi connectivity index (χ1v) is 29.6. The Kier molecular flexibility index (Phi) is 54.5. The van der Waals surface area contributed by atoms with E-state index in [1.807, 2.05) is 0 Å². The minimum atomic E-state index is -0.672. The van der Waals surface area contributed by atoms with Crippen LogP contribution in [-0.4, -0.2) is 47.4 Å². The van der Waals surface area contributed by atoms with Gasteiger partial charge in [-0.15, -0.1) is 0 Å². The maximum atomic E-state index is 12.5. The van der Waals surface area contributed by atoms with Gasteiger partial charge in [0, 0.05) is 12.8 Å². The number of hydrogen-bond acceptors (Lipinski definition) is 5. The number of unbranched alkanes of at least 4 members (excludes halogenated alkanes) is 40. The number of amides is 1. The third-order valence-corrected chi connectivity index (χ3v) is 13.7. The second-order valence-electron chi connectivity index (χ2n) is 20.3. The first-order chi connectivity index (χ1) is 32.5. The van der Waals surface area contributed by atoms with Gasteiger partial charge < -0.3 is 20.3 Å². The lowest BCUT2D eigenvalue weighted by atomic mass is 10.0. The molecule has 0 heterocycles. The summed E-state index contributed by atoms with van der Waals surface area (Å²) in [6.45, 7) is 4.94. The van der Waals surface area contributed by atoms with Crippen LogP contribution >= 0.6 is 0 Å². The van der Waals surface area contributed by atoms with E-state index < -0.39 is 12.1 Å². The highest BCUT2D eigenvalue weighted by molar-refractivity contribution is 5.76. The number of ether oxygens (including phenoxy) is 1. The van der Waals surface area contributed by atoms with Crippen molar-refractivity contribution in [3.8, 4) is 0 Å². The van der Waals surface area contributed by atoms with Crippen LogP contribution in [0.15, 0.2) is 24.3 Å². The Morgan fingerprint density at radius 3 is 1.08 bits per heavy atom. The number of hydrogen-bond donors (Lipinski definition) is 3. The summed E-state index contributed by atoms with van der Waals surface area (Å²) in [4.78, 5) is 24.5. The van der Waals surface area contributed by atoms with Gasteiger partial charge in [0.1, 0.15) is 0 Å². The summed E-state index contributed by atoms with van der Waals surface area (Å²) in [7, 11) is 0. The van der Waals surface area contributed by atoms with Gasteiger partial charge in [-0.05, 0) is 77.0 Å². The standard InChI is InChI=1S/C60H115NO5/c1-3-5-7-9-11-13-15-17-18-19-23-26-30-34-38-42-46-50-54-60(65)66-55-51-47-43-39-35-31-27-24-21-20-22-25-29-33-37-41-45-49-53-59(64)61-57(56-62)58(63)52-48-44-40-36-32-28-16-14-12-10-8-6-4-2/h18-19,22,25,57-58,62-63H,3-17,20-21,23-24,26-56H2,1-2H3,(H,61,64)/b19-18-,25-22-. The van der Waals surface area contributed by atoms with Crippen LogP contribution in [0.2, 0.25) is 0 Å². The van der Waals surface area contributed by atoms with Gasteiger partial charge in [-0.1, -0.05) is 256 Å². The van der Waals surface area contributed by atoms with Crippen LogP contribution in [0.5, 0.6) is 0 Å². The van der Waals surface area contributed by atoms with Crippen LogP contribution in [0.25, 0.3) is 0 Å². The van der Waals surface area contributed by atoms with Crippen molar-refractivity contribution in [3.05, 3.63) is 24.3 Å². The molecule has 0 aromatic carbocycles. The predicted molar refractivity (Wildman–Crippen MR) is 287 cm³/mol. The third kappa shape index (κ3) is 51.7. The second-order valence-corrected chi connectivity index (χ2v) is 20.3. The summed E-state index contributed by atoms with van der Waals surface area (Å²) in [5, 5.41) is 23.2. The Bertz CT molecular complexity index is 1030. The molecule has 1 amide bonds. The van der Waals surface area contributed by atoms with Gasteiger partial charge in [0.25, 0.3) is 0 Å². The molecule has 0 aliphatic carbocycles. The van der Waals surface area contributed by atoms with Crippen LogP contribution in [-0.2, 0) is 14.3 Å². The molecular weight excluding hydrogens is 815 g/mol. The Labute approximate surface area is 411 Å². The Morgan fingerprint density at radius 2 is 0.712 bits per heavy atom. The van der Waals surface area contributed by atoms with Crippen LogP contribution in [0.3, 0.4) is 0 Å². The molecule has 0 aromatic rings. The van der Waals surface area contributed by atoms with E-state index in [9.17, 15) is 19.8 Å². The van der Waals surface area contributed by atoms with E-state index in [-0.39, 0.29) is 18.5 Å². The second kappa shape index (κ2) is 55.9. The summed E-state index contributed by atoms with van der Waals surface area (Å²) in [5.41, 5.74) is 0. The van der Waals surface area contributed by atoms with E-state index in [4.69, 9.17) is 4.74 Å². The first kappa shape index (κ1) is 64.3. The highest BCUT2D eigenvalue weighted by Gasteiger charge is 2.20. The van der Waals surface area contributed by atoms with Gasteiger partial charge in [-0.25, -0.2) is 0 Å². The van der Waals surface area contributed by atoms with Crippen molar-refractivity contribution in [1.29, 1.82) is 0 Å². The number of aliphatic hydroxyl groups excluding tert-OH is 2. The molecule has 0 spiro atoms. The van der Waals surface area contributed by atoms with Crippen molar-refractivity contribution >= 4 is 11.9 Å². The number of allylic oxidation sites excluding steroid dienone is 4. The largest absolute Gasteiger partial charge is 0.466 e. The maximum absolute atomic E-state index is 12.5. The molecule has 0 saturated carbocycles. The van der Waals surface area contributed by atoms with Gasteiger partial charge in [0.15, 0.2) is 0 Å². The quantitative estimate of drug-likeness (QED) is 0.0321. The summed E-state index contributed by atoms with van der Waals surface area (Å²) >= 11 is 0. The van der Waals surface area contributed by atoms with Crippen LogP contribution in [0, 0.1) is 0 Å². The lowest BCUT2D eigenvalue weighted by Crippen LogP contribution is -2.45. The molecule has 2 unspecified atom stereocenters. The lowest BCUT2D eigenvalue weighted by Gasteiger charge is -2.22. The average molecular weight is 931 g/mol. The number of rotatable bonds is 55. The molecule has 2 atom stereocenters. The summed E-state index contributed by atoms with van der Waals surface area (Å²) in [6.07, 6.45) is 67.4. The number of esters is 1. The topological polar surface area (TPSA) is 95.9 Å². The zero-order valence-corrected chi connectivity index (χ0v) is 44.4.